The highest BCUT2D eigenvalue weighted by Gasteiger charge is 2.20. The second kappa shape index (κ2) is 8.11. The molecule has 2 N–H and O–H groups in total. The predicted molar refractivity (Wildman–Crippen MR) is 96.6 cm³/mol. The molecular weight excluding hydrogens is 355 g/mol. The Kier molecular flexibility index (Phi) is 5.65. The van der Waals surface area contributed by atoms with Crippen LogP contribution in [0.15, 0.2) is 53.4 Å². The third kappa shape index (κ3) is 3.92. The van der Waals surface area contributed by atoms with Gasteiger partial charge >= 0.3 is 5.97 Å². The van der Waals surface area contributed by atoms with Crippen LogP contribution in [-0.2, 0) is 11.2 Å². The van der Waals surface area contributed by atoms with Crippen molar-refractivity contribution in [3.05, 3.63) is 71.6 Å². The zero-order chi connectivity index (χ0) is 18.5. The Hall–Kier alpha value is -2.71. The molecule has 3 aromatic rings. The van der Waals surface area contributed by atoms with Crippen molar-refractivity contribution < 1.29 is 13.9 Å². The molecule has 1 aromatic heterocycles. The van der Waals surface area contributed by atoms with Gasteiger partial charge in [0.25, 0.3) is 5.82 Å². The van der Waals surface area contributed by atoms with E-state index in [4.69, 9.17) is 9.88 Å². The topological polar surface area (TPSA) is 83.0 Å². The van der Waals surface area contributed by atoms with Gasteiger partial charge in [-0.3, -0.25) is 5.14 Å². The van der Waals surface area contributed by atoms with Gasteiger partial charge < -0.3 is 4.74 Å². The van der Waals surface area contributed by atoms with E-state index in [1.54, 1.807) is 19.1 Å². The van der Waals surface area contributed by atoms with Crippen LogP contribution in [0, 0.1) is 5.82 Å². The summed E-state index contributed by atoms with van der Waals surface area (Å²) in [6, 6.07) is 14.1. The van der Waals surface area contributed by atoms with Gasteiger partial charge in [0.1, 0.15) is 17.3 Å². The Balaban J connectivity index is 2.05. The Bertz CT molecular complexity index is 915. The highest BCUT2D eigenvalue weighted by Crippen LogP contribution is 2.21. The van der Waals surface area contributed by atoms with E-state index >= 15 is 0 Å². The quantitative estimate of drug-likeness (QED) is 0.529. The summed E-state index contributed by atoms with van der Waals surface area (Å²) in [7, 11) is 0. The van der Waals surface area contributed by atoms with Gasteiger partial charge in [-0.05, 0) is 42.6 Å². The van der Waals surface area contributed by atoms with Gasteiger partial charge in [0.05, 0.1) is 6.61 Å². The SMILES string of the molecule is CCOC(=O)c1nc(Cc2ccccc2)n(-c2ccc(SN)cc2F)n1. The molecule has 0 atom stereocenters. The van der Waals surface area contributed by atoms with Crippen LogP contribution in [0.25, 0.3) is 5.69 Å². The molecule has 26 heavy (non-hydrogen) atoms. The minimum absolute atomic E-state index is 0.102. The van der Waals surface area contributed by atoms with Crippen LogP contribution in [0.2, 0.25) is 0 Å². The molecule has 0 radical (unpaired) electrons. The van der Waals surface area contributed by atoms with Gasteiger partial charge in [-0.15, -0.1) is 5.10 Å². The molecule has 0 fully saturated rings. The molecule has 0 saturated carbocycles. The summed E-state index contributed by atoms with van der Waals surface area (Å²) in [6.07, 6.45) is 0.389. The highest BCUT2D eigenvalue weighted by molar-refractivity contribution is 7.97. The fourth-order valence-electron chi connectivity index (χ4n) is 2.44. The van der Waals surface area contributed by atoms with Crippen LogP contribution in [0.1, 0.15) is 28.9 Å². The minimum Gasteiger partial charge on any atom is -0.460 e. The Morgan fingerprint density at radius 3 is 2.69 bits per heavy atom. The van der Waals surface area contributed by atoms with E-state index in [1.165, 1.54) is 10.7 Å². The zero-order valence-corrected chi connectivity index (χ0v) is 14.9. The third-order valence-corrected chi connectivity index (χ3v) is 4.15. The molecule has 0 amide bonds. The molecule has 0 aliphatic heterocycles. The maximum atomic E-state index is 14.5. The summed E-state index contributed by atoms with van der Waals surface area (Å²) >= 11 is 0.951. The fraction of sp³-hybridized carbons (Fsp3) is 0.167. The van der Waals surface area contributed by atoms with Gasteiger partial charge in [-0.1, -0.05) is 30.3 Å². The van der Waals surface area contributed by atoms with E-state index in [1.807, 2.05) is 30.3 Å². The number of ether oxygens (including phenoxy) is 1. The van der Waals surface area contributed by atoms with Gasteiger partial charge in [0.15, 0.2) is 0 Å². The minimum atomic E-state index is -0.643. The molecule has 6 nitrogen and oxygen atoms in total. The van der Waals surface area contributed by atoms with E-state index in [0.29, 0.717) is 17.1 Å². The van der Waals surface area contributed by atoms with Gasteiger partial charge in [0, 0.05) is 11.3 Å². The normalized spacial score (nSPS) is 10.7. The fourth-order valence-corrected chi connectivity index (χ4v) is 2.76. The second-order valence-corrected chi connectivity index (χ2v) is 6.08. The molecule has 3 rings (SSSR count). The number of carbonyl (C=O) groups excluding carboxylic acids is 1. The van der Waals surface area contributed by atoms with Crippen LogP contribution in [-0.4, -0.2) is 27.3 Å². The van der Waals surface area contributed by atoms with Crippen molar-refractivity contribution in [1.82, 2.24) is 14.8 Å². The number of benzene rings is 2. The van der Waals surface area contributed by atoms with Crippen LogP contribution in [0.4, 0.5) is 4.39 Å². The molecule has 0 bridgehead atoms. The zero-order valence-electron chi connectivity index (χ0n) is 14.1. The number of halogens is 1. The first-order chi connectivity index (χ1) is 12.6. The van der Waals surface area contributed by atoms with Crippen molar-refractivity contribution >= 4 is 17.9 Å². The van der Waals surface area contributed by atoms with Crippen LogP contribution < -0.4 is 5.14 Å². The lowest BCUT2D eigenvalue weighted by molar-refractivity contribution is 0.0512. The Labute approximate surface area is 154 Å². The maximum Gasteiger partial charge on any atom is 0.378 e. The smallest absolute Gasteiger partial charge is 0.378 e. The van der Waals surface area contributed by atoms with E-state index in [-0.39, 0.29) is 18.1 Å². The molecule has 1 heterocycles. The van der Waals surface area contributed by atoms with Crippen molar-refractivity contribution in [2.24, 2.45) is 5.14 Å². The molecule has 8 heteroatoms. The molecular formula is C18H17FN4O2S. The monoisotopic (exact) mass is 372 g/mol. The predicted octanol–water partition coefficient (Wildman–Crippen LogP) is 3.14. The molecule has 0 unspecified atom stereocenters. The van der Waals surface area contributed by atoms with Gasteiger partial charge in [-0.2, -0.15) is 0 Å². The van der Waals surface area contributed by atoms with Crippen molar-refractivity contribution in [3.8, 4) is 5.69 Å². The van der Waals surface area contributed by atoms with E-state index in [0.717, 1.165) is 17.5 Å². The lowest BCUT2D eigenvalue weighted by Crippen LogP contribution is -2.08. The standard InChI is InChI=1S/C18H17FN4O2S/c1-2-25-18(24)17-21-16(10-12-6-4-3-5-7-12)23(22-17)15-9-8-13(26-20)11-14(15)19/h3-9,11H,2,10,20H2,1H3. The first kappa shape index (κ1) is 18.1. The summed E-state index contributed by atoms with van der Waals surface area (Å²) < 4.78 is 20.8. The summed E-state index contributed by atoms with van der Waals surface area (Å²) in [5.41, 5.74) is 1.16. The van der Waals surface area contributed by atoms with Crippen molar-refractivity contribution in [3.63, 3.8) is 0 Å². The first-order valence-electron chi connectivity index (χ1n) is 7.96. The number of carbonyl (C=O) groups is 1. The maximum absolute atomic E-state index is 14.5. The summed E-state index contributed by atoms with van der Waals surface area (Å²) in [5, 5.41) is 9.64. The average molecular weight is 372 g/mol. The average Bonchev–Trinajstić information content (AvgIpc) is 3.06. The van der Waals surface area contributed by atoms with Crippen LogP contribution in [0.5, 0.6) is 0 Å². The number of hydrogen-bond donors (Lipinski definition) is 1. The summed E-state index contributed by atoms with van der Waals surface area (Å²) in [6.45, 7) is 1.90. The Morgan fingerprint density at radius 2 is 2.04 bits per heavy atom. The number of esters is 1. The molecule has 134 valence electrons. The lowest BCUT2D eigenvalue weighted by Gasteiger charge is -2.08. The van der Waals surface area contributed by atoms with E-state index in [2.05, 4.69) is 10.1 Å². The van der Waals surface area contributed by atoms with Gasteiger partial charge in [0.2, 0.25) is 0 Å². The molecule has 0 aliphatic rings. The molecule has 0 aliphatic carbocycles. The number of hydrogen-bond acceptors (Lipinski definition) is 6. The molecule has 2 aromatic carbocycles. The molecule has 0 saturated heterocycles. The van der Waals surface area contributed by atoms with E-state index < -0.39 is 11.8 Å². The van der Waals surface area contributed by atoms with Crippen LogP contribution in [0.3, 0.4) is 0 Å². The Morgan fingerprint density at radius 1 is 1.27 bits per heavy atom. The van der Waals surface area contributed by atoms with Crippen molar-refractivity contribution in [2.45, 2.75) is 18.2 Å². The van der Waals surface area contributed by atoms with Crippen LogP contribution >= 0.6 is 11.9 Å². The number of aromatic nitrogens is 3. The van der Waals surface area contributed by atoms with E-state index in [9.17, 15) is 9.18 Å². The summed E-state index contributed by atoms with van der Waals surface area (Å²) in [5.74, 6) is -0.814. The first-order valence-corrected chi connectivity index (χ1v) is 8.84. The number of nitrogens with zero attached hydrogens (tertiary/aromatic N) is 3. The lowest BCUT2D eigenvalue weighted by atomic mass is 10.1. The molecule has 0 spiro atoms. The number of nitrogens with two attached hydrogens (primary N) is 1. The highest BCUT2D eigenvalue weighted by atomic mass is 32.2. The van der Waals surface area contributed by atoms with Crippen molar-refractivity contribution in [1.29, 1.82) is 0 Å². The summed E-state index contributed by atoms with van der Waals surface area (Å²) in [4.78, 5) is 16.9. The third-order valence-electron chi connectivity index (χ3n) is 3.62. The second-order valence-electron chi connectivity index (χ2n) is 5.38. The van der Waals surface area contributed by atoms with Gasteiger partial charge in [-0.25, -0.2) is 18.9 Å². The largest absolute Gasteiger partial charge is 0.460 e. The van der Waals surface area contributed by atoms with Crippen molar-refractivity contribution in [2.75, 3.05) is 6.61 Å². The number of rotatable bonds is 6.